The predicted molar refractivity (Wildman–Crippen MR) is 56.9 cm³/mol. The van der Waals surface area contributed by atoms with E-state index in [1.165, 1.54) is 32.1 Å². The van der Waals surface area contributed by atoms with Gasteiger partial charge in [0.05, 0.1) is 0 Å². The van der Waals surface area contributed by atoms with Crippen LogP contribution in [-0.2, 0) is 4.79 Å². The monoisotopic (exact) mass is 195 g/mol. The second kappa shape index (κ2) is 3.92. The Kier molecular flexibility index (Phi) is 2.80. The maximum atomic E-state index is 11.4. The van der Waals surface area contributed by atoms with E-state index in [2.05, 4.69) is 11.8 Å². The Bertz CT molecular complexity index is 226. The Morgan fingerprint density at radius 1 is 1.21 bits per heavy atom. The van der Waals surface area contributed by atoms with Gasteiger partial charge in [-0.3, -0.25) is 4.79 Å². The number of hydrogen-bond acceptors (Lipinski definition) is 1. The minimum atomic E-state index is 0.265. The zero-order chi connectivity index (χ0) is 10.1. The van der Waals surface area contributed by atoms with Gasteiger partial charge in [-0.15, -0.1) is 0 Å². The fraction of sp³-hybridized carbons (Fsp3) is 0.917. The van der Waals surface area contributed by atoms with Gasteiger partial charge in [0.2, 0.25) is 5.91 Å². The van der Waals surface area contributed by atoms with Crippen molar-refractivity contribution in [1.29, 1.82) is 0 Å². The normalized spacial score (nSPS) is 37.9. The average Bonchev–Trinajstić information content (AvgIpc) is 2.16. The molecule has 0 radical (unpaired) electrons. The van der Waals surface area contributed by atoms with Crippen LogP contribution in [0, 0.1) is 11.8 Å². The number of hydrogen-bond donors (Lipinski definition) is 0. The van der Waals surface area contributed by atoms with Crippen LogP contribution in [0.4, 0.5) is 0 Å². The summed E-state index contributed by atoms with van der Waals surface area (Å²) in [6, 6.07) is 0.479. The molecule has 0 aromatic rings. The molecule has 2 heteroatoms. The first kappa shape index (κ1) is 10.0. The van der Waals surface area contributed by atoms with Gasteiger partial charge in [0.1, 0.15) is 0 Å². The molecule has 0 N–H and O–H groups in total. The third kappa shape index (κ3) is 1.79. The van der Waals surface area contributed by atoms with Gasteiger partial charge in [0.15, 0.2) is 0 Å². The molecular weight excluding hydrogens is 174 g/mol. The highest BCUT2D eigenvalue weighted by Gasteiger charge is 2.35. The minimum Gasteiger partial charge on any atom is -0.340 e. The van der Waals surface area contributed by atoms with E-state index in [4.69, 9.17) is 0 Å². The van der Waals surface area contributed by atoms with Crippen molar-refractivity contribution in [2.75, 3.05) is 6.54 Å². The molecule has 0 bridgehead atoms. The van der Waals surface area contributed by atoms with Crippen molar-refractivity contribution in [2.24, 2.45) is 11.8 Å². The van der Waals surface area contributed by atoms with Crippen LogP contribution in [-0.4, -0.2) is 23.4 Å². The van der Waals surface area contributed by atoms with Gasteiger partial charge in [-0.25, -0.2) is 0 Å². The standard InChI is InChI=1S/C12H21NO/c1-9-7-11-5-3-4-6-12(11)8-13(9)10(2)14/h9,11-12H,3-8H2,1-2H3/t9-,11?,12?/m1/s1. The summed E-state index contributed by atoms with van der Waals surface area (Å²) >= 11 is 0. The Morgan fingerprint density at radius 2 is 1.86 bits per heavy atom. The molecule has 1 aliphatic heterocycles. The van der Waals surface area contributed by atoms with Crippen LogP contribution >= 0.6 is 0 Å². The summed E-state index contributed by atoms with van der Waals surface area (Å²) in [7, 11) is 0. The molecule has 80 valence electrons. The lowest BCUT2D eigenvalue weighted by molar-refractivity contribution is -0.134. The van der Waals surface area contributed by atoms with Crippen LogP contribution < -0.4 is 0 Å². The maximum Gasteiger partial charge on any atom is 0.219 e. The number of fused-ring (bicyclic) bond motifs is 1. The molecule has 1 saturated carbocycles. The number of piperidine rings is 1. The zero-order valence-corrected chi connectivity index (χ0v) is 9.33. The summed E-state index contributed by atoms with van der Waals surface area (Å²) in [6.45, 7) is 4.94. The molecule has 0 spiro atoms. The van der Waals surface area contributed by atoms with Gasteiger partial charge in [-0.2, -0.15) is 0 Å². The first-order valence-corrected chi connectivity index (χ1v) is 5.95. The van der Waals surface area contributed by atoms with E-state index in [9.17, 15) is 4.79 Å². The van der Waals surface area contributed by atoms with E-state index in [0.717, 1.165) is 18.4 Å². The van der Waals surface area contributed by atoms with Crippen molar-refractivity contribution in [3.63, 3.8) is 0 Å². The third-order valence-corrected chi connectivity index (χ3v) is 4.08. The summed E-state index contributed by atoms with van der Waals surface area (Å²) in [4.78, 5) is 13.5. The highest BCUT2D eigenvalue weighted by molar-refractivity contribution is 5.73. The van der Waals surface area contributed by atoms with Gasteiger partial charge < -0.3 is 4.90 Å². The number of carbonyl (C=O) groups is 1. The Labute approximate surface area is 86.7 Å². The fourth-order valence-electron chi connectivity index (χ4n) is 3.27. The van der Waals surface area contributed by atoms with E-state index >= 15 is 0 Å². The van der Waals surface area contributed by atoms with Crippen LogP contribution in [0.1, 0.15) is 46.0 Å². The summed E-state index contributed by atoms with van der Waals surface area (Å²) in [5.41, 5.74) is 0. The molecule has 1 heterocycles. The molecule has 0 aromatic heterocycles. The lowest BCUT2D eigenvalue weighted by atomic mass is 9.73. The van der Waals surface area contributed by atoms with Gasteiger partial charge >= 0.3 is 0 Å². The van der Waals surface area contributed by atoms with Crippen LogP contribution in [0.5, 0.6) is 0 Å². The lowest BCUT2D eigenvalue weighted by Crippen LogP contribution is -2.48. The molecule has 0 aromatic carbocycles. The summed E-state index contributed by atoms with van der Waals surface area (Å²) < 4.78 is 0. The SMILES string of the molecule is CC(=O)N1CC2CCCCC2C[C@H]1C. The first-order chi connectivity index (χ1) is 6.68. The topological polar surface area (TPSA) is 20.3 Å². The number of likely N-dealkylation sites (tertiary alicyclic amines) is 1. The molecule has 3 atom stereocenters. The Balaban J connectivity index is 2.03. The summed E-state index contributed by atoms with van der Waals surface area (Å²) in [6.07, 6.45) is 6.78. The molecule has 2 aliphatic rings. The van der Waals surface area contributed by atoms with Crippen molar-refractivity contribution in [1.82, 2.24) is 4.90 Å². The number of nitrogens with zero attached hydrogens (tertiary/aromatic N) is 1. The van der Waals surface area contributed by atoms with E-state index in [-0.39, 0.29) is 5.91 Å². The van der Waals surface area contributed by atoms with Crippen LogP contribution in [0.2, 0.25) is 0 Å². The van der Waals surface area contributed by atoms with Crippen molar-refractivity contribution in [3.8, 4) is 0 Å². The molecule has 2 unspecified atom stereocenters. The first-order valence-electron chi connectivity index (χ1n) is 5.95. The van der Waals surface area contributed by atoms with E-state index in [1.807, 2.05) is 0 Å². The van der Waals surface area contributed by atoms with Gasteiger partial charge in [0, 0.05) is 19.5 Å². The minimum absolute atomic E-state index is 0.265. The fourth-order valence-corrected chi connectivity index (χ4v) is 3.27. The molecule has 1 amide bonds. The molecule has 2 nitrogen and oxygen atoms in total. The van der Waals surface area contributed by atoms with Crippen molar-refractivity contribution < 1.29 is 4.79 Å². The van der Waals surface area contributed by atoms with Crippen LogP contribution in [0.25, 0.3) is 0 Å². The van der Waals surface area contributed by atoms with Gasteiger partial charge in [-0.05, 0) is 31.6 Å². The van der Waals surface area contributed by atoms with Crippen molar-refractivity contribution in [2.45, 2.75) is 52.0 Å². The second-order valence-corrected chi connectivity index (χ2v) is 5.06. The maximum absolute atomic E-state index is 11.4. The van der Waals surface area contributed by atoms with Crippen LogP contribution in [0.3, 0.4) is 0 Å². The quantitative estimate of drug-likeness (QED) is 0.581. The van der Waals surface area contributed by atoms with E-state index in [0.29, 0.717) is 6.04 Å². The highest BCUT2D eigenvalue weighted by Crippen LogP contribution is 2.38. The third-order valence-electron chi connectivity index (χ3n) is 4.08. The Morgan fingerprint density at radius 3 is 2.50 bits per heavy atom. The van der Waals surface area contributed by atoms with Gasteiger partial charge in [-0.1, -0.05) is 19.3 Å². The van der Waals surface area contributed by atoms with Crippen molar-refractivity contribution in [3.05, 3.63) is 0 Å². The molecule has 2 rings (SSSR count). The predicted octanol–water partition coefficient (Wildman–Crippen LogP) is 2.43. The van der Waals surface area contributed by atoms with Gasteiger partial charge in [0.25, 0.3) is 0 Å². The number of carbonyl (C=O) groups excluding carboxylic acids is 1. The number of rotatable bonds is 0. The van der Waals surface area contributed by atoms with E-state index < -0.39 is 0 Å². The van der Waals surface area contributed by atoms with Crippen LogP contribution in [0.15, 0.2) is 0 Å². The average molecular weight is 195 g/mol. The number of amides is 1. The molecular formula is C12H21NO. The molecule has 1 aliphatic carbocycles. The molecule has 14 heavy (non-hydrogen) atoms. The smallest absolute Gasteiger partial charge is 0.219 e. The van der Waals surface area contributed by atoms with Crippen molar-refractivity contribution >= 4 is 5.91 Å². The van der Waals surface area contributed by atoms with E-state index in [1.54, 1.807) is 6.92 Å². The largest absolute Gasteiger partial charge is 0.340 e. The highest BCUT2D eigenvalue weighted by atomic mass is 16.2. The summed E-state index contributed by atoms with van der Waals surface area (Å²) in [5.74, 6) is 1.99. The lowest BCUT2D eigenvalue weighted by Gasteiger charge is -2.44. The summed E-state index contributed by atoms with van der Waals surface area (Å²) in [5, 5.41) is 0. The zero-order valence-electron chi connectivity index (χ0n) is 9.33. The molecule has 2 fully saturated rings. The second-order valence-electron chi connectivity index (χ2n) is 5.06. The Hall–Kier alpha value is -0.530. The molecule has 1 saturated heterocycles.